The average Bonchev–Trinajstić information content (AvgIpc) is 3.04. The summed E-state index contributed by atoms with van der Waals surface area (Å²) < 4.78 is 3.18. The van der Waals surface area contributed by atoms with Gasteiger partial charge in [0.15, 0.2) is 0 Å². The van der Waals surface area contributed by atoms with Crippen LogP contribution in [0.1, 0.15) is 23.9 Å². The van der Waals surface area contributed by atoms with Gasteiger partial charge in [0.05, 0.1) is 17.3 Å². The summed E-state index contributed by atoms with van der Waals surface area (Å²) in [4.78, 5) is 4.72. The summed E-state index contributed by atoms with van der Waals surface area (Å²) in [6, 6.07) is 17.8. The minimum atomic E-state index is 0.657. The number of nitrogens with zero attached hydrogens (tertiary/aromatic N) is 3. The van der Waals surface area contributed by atoms with Crippen LogP contribution in [0, 0.1) is 11.3 Å². The lowest BCUT2D eigenvalue weighted by atomic mass is 10.1. The van der Waals surface area contributed by atoms with Crippen LogP contribution in [0.5, 0.6) is 0 Å². The number of hydrogen-bond acceptors (Lipinski definition) is 2. The van der Waals surface area contributed by atoms with Crippen LogP contribution < -0.4 is 0 Å². The average molecular weight is 378 g/mol. The van der Waals surface area contributed by atoms with Crippen molar-refractivity contribution < 1.29 is 0 Å². The lowest BCUT2D eigenvalue weighted by Crippen LogP contribution is -1.94. The second-order valence-corrected chi connectivity index (χ2v) is 6.26. The number of halogens is 1. The lowest BCUT2D eigenvalue weighted by molar-refractivity contribution is 0.753. The Morgan fingerprint density at radius 3 is 2.42 bits per heavy atom. The highest BCUT2D eigenvalue weighted by molar-refractivity contribution is 9.10. The first-order valence-corrected chi connectivity index (χ1v) is 8.50. The lowest BCUT2D eigenvalue weighted by Gasteiger charge is -1.99. The Morgan fingerprint density at radius 1 is 1.08 bits per heavy atom. The molecule has 0 bridgehead atoms. The van der Waals surface area contributed by atoms with Crippen molar-refractivity contribution in [2.24, 2.45) is 0 Å². The van der Waals surface area contributed by atoms with Crippen molar-refractivity contribution in [1.82, 2.24) is 9.55 Å². The van der Waals surface area contributed by atoms with Crippen molar-refractivity contribution in [3.63, 3.8) is 0 Å². The molecule has 118 valence electrons. The molecule has 24 heavy (non-hydrogen) atoms. The van der Waals surface area contributed by atoms with Crippen LogP contribution in [0.3, 0.4) is 0 Å². The molecular weight excluding hydrogens is 362 g/mol. The zero-order valence-corrected chi connectivity index (χ0v) is 14.9. The first-order chi connectivity index (χ1) is 11.7. The molecule has 0 spiro atoms. The van der Waals surface area contributed by atoms with Crippen molar-refractivity contribution in [3.8, 4) is 17.3 Å². The molecular formula is C20H16BrN3. The molecule has 0 saturated carbocycles. The molecule has 3 aromatic rings. The van der Waals surface area contributed by atoms with Gasteiger partial charge in [0.1, 0.15) is 5.82 Å². The Labute approximate surface area is 150 Å². The summed E-state index contributed by atoms with van der Waals surface area (Å²) in [6.07, 6.45) is 6.13. The number of aryl methyl sites for hydroxylation is 1. The Kier molecular flexibility index (Phi) is 4.93. The summed E-state index contributed by atoms with van der Waals surface area (Å²) in [5, 5.41) is 8.90. The van der Waals surface area contributed by atoms with Crippen molar-refractivity contribution >= 4 is 28.1 Å². The van der Waals surface area contributed by atoms with E-state index in [0.717, 1.165) is 33.7 Å². The number of aromatic nitrogens is 2. The zero-order chi connectivity index (χ0) is 16.9. The quantitative estimate of drug-likeness (QED) is 0.612. The molecule has 0 saturated heterocycles. The van der Waals surface area contributed by atoms with E-state index in [-0.39, 0.29) is 0 Å². The van der Waals surface area contributed by atoms with Gasteiger partial charge in [-0.15, -0.1) is 0 Å². The van der Waals surface area contributed by atoms with Crippen molar-refractivity contribution in [2.75, 3.05) is 0 Å². The van der Waals surface area contributed by atoms with Crippen molar-refractivity contribution in [1.29, 1.82) is 5.26 Å². The van der Waals surface area contributed by atoms with Gasteiger partial charge in [-0.1, -0.05) is 46.3 Å². The third-order valence-corrected chi connectivity index (χ3v) is 4.28. The molecule has 3 rings (SSSR count). The SMILES string of the molecule is CCn1cc(-c2ccc(C#N)cc2)nc1/C=C/c1ccc(Br)cc1. The Hall–Kier alpha value is -2.64. The van der Waals surface area contributed by atoms with E-state index in [9.17, 15) is 0 Å². The molecule has 0 fully saturated rings. The summed E-state index contributed by atoms with van der Waals surface area (Å²) in [6.45, 7) is 2.95. The molecule has 0 N–H and O–H groups in total. The maximum Gasteiger partial charge on any atom is 0.133 e. The third-order valence-electron chi connectivity index (χ3n) is 3.75. The van der Waals surface area contributed by atoms with E-state index in [1.165, 1.54) is 0 Å². The molecule has 0 unspecified atom stereocenters. The third kappa shape index (κ3) is 3.64. The number of imidazole rings is 1. The van der Waals surface area contributed by atoms with Gasteiger partial charge in [0.25, 0.3) is 0 Å². The van der Waals surface area contributed by atoms with Gasteiger partial charge in [0, 0.05) is 22.8 Å². The van der Waals surface area contributed by atoms with Crippen molar-refractivity contribution in [2.45, 2.75) is 13.5 Å². The predicted octanol–water partition coefficient (Wildman–Crippen LogP) is 5.37. The second-order valence-electron chi connectivity index (χ2n) is 5.34. The zero-order valence-electron chi connectivity index (χ0n) is 13.3. The minimum absolute atomic E-state index is 0.657. The first kappa shape index (κ1) is 16.2. The van der Waals surface area contributed by atoms with E-state index < -0.39 is 0 Å². The van der Waals surface area contributed by atoms with E-state index in [1.54, 1.807) is 0 Å². The standard InChI is InChI=1S/C20H16BrN3/c1-2-24-14-19(17-8-3-16(13-22)4-9-17)23-20(24)12-7-15-5-10-18(21)11-6-15/h3-12,14H,2H2,1H3/b12-7+. The molecule has 1 heterocycles. The van der Waals surface area contributed by atoms with Gasteiger partial charge in [0.2, 0.25) is 0 Å². The highest BCUT2D eigenvalue weighted by Gasteiger charge is 2.06. The van der Waals surface area contributed by atoms with Gasteiger partial charge in [-0.2, -0.15) is 5.26 Å². The fourth-order valence-electron chi connectivity index (χ4n) is 2.42. The van der Waals surface area contributed by atoms with Crippen LogP contribution in [-0.2, 0) is 6.54 Å². The molecule has 4 heteroatoms. The highest BCUT2D eigenvalue weighted by Crippen LogP contribution is 2.21. The molecule has 0 aliphatic rings. The minimum Gasteiger partial charge on any atom is -0.331 e. The number of rotatable bonds is 4. The number of hydrogen-bond donors (Lipinski definition) is 0. The molecule has 0 amide bonds. The molecule has 0 radical (unpaired) electrons. The van der Waals surface area contributed by atoms with E-state index in [2.05, 4.69) is 51.7 Å². The molecule has 2 aromatic carbocycles. The molecule has 0 aliphatic heterocycles. The largest absolute Gasteiger partial charge is 0.331 e. The van der Waals surface area contributed by atoms with Crippen molar-refractivity contribution in [3.05, 3.63) is 76.2 Å². The van der Waals surface area contributed by atoms with Crippen LogP contribution in [0.2, 0.25) is 0 Å². The van der Waals surface area contributed by atoms with Crippen LogP contribution in [0.15, 0.2) is 59.2 Å². The Balaban J connectivity index is 1.89. The van der Waals surface area contributed by atoms with E-state index >= 15 is 0 Å². The summed E-state index contributed by atoms with van der Waals surface area (Å²) in [7, 11) is 0. The summed E-state index contributed by atoms with van der Waals surface area (Å²) in [5.41, 5.74) is 3.71. The van der Waals surface area contributed by atoms with Gasteiger partial charge in [-0.3, -0.25) is 0 Å². The van der Waals surface area contributed by atoms with Crippen LogP contribution in [-0.4, -0.2) is 9.55 Å². The van der Waals surface area contributed by atoms with Gasteiger partial charge in [-0.05, 0) is 42.8 Å². The van der Waals surface area contributed by atoms with E-state index in [1.807, 2.05) is 48.7 Å². The maximum absolute atomic E-state index is 8.90. The molecule has 1 aromatic heterocycles. The Bertz CT molecular complexity index is 898. The molecule has 0 aliphatic carbocycles. The van der Waals surface area contributed by atoms with Crippen LogP contribution >= 0.6 is 15.9 Å². The first-order valence-electron chi connectivity index (χ1n) is 7.71. The fourth-order valence-corrected chi connectivity index (χ4v) is 2.68. The summed E-state index contributed by atoms with van der Waals surface area (Å²) in [5.74, 6) is 0.916. The number of nitriles is 1. The smallest absolute Gasteiger partial charge is 0.133 e. The van der Waals surface area contributed by atoms with Gasteiger partial charge in [-0.25, -0.2) is 4.98 Å². The predicted molar refractivity (Wildman–Crippen MR) is 101 cm³/mol. The normalized spacial score (nSPS) is 10.9. The van der Waals surface area contributed by atoms with E-state index in [0.29, 0.717) is 5.56 Å². The maximum atomic E-state index is 8.90. The highest BCUT2D eigenvalue weighted by atomic mass is 79.9. The monoisotopic (exact) mass is 377 g/mol. The summed E-state index contributed by atoms with van der Waals surface area (Å²) >= 11 is 3.44. The van der Waals surface area contributed by atoms with Crippen LogP contribution in [0.4, 0.5) is 0 Å². The van der Waals surface area contributed by atoms with E-state index in [4.69, 9.17) is 10.2 Å². The molecule has 0 atom stereocenters. The number of benzene rings is 2. The topological polar surface area (TPSA) is 41.6 Å². The molecule has 3 nitrogen and oxygen atoms in total. The van der Waals surface area contributed by atoms with Gasteiger partial charge < -0.3 is 4.57 Å². The van der Waals surface area contributed by atoms with Crippen LogP contribution in [0.25, 0.3) is 23.4 Å². The Morgan fingerprint density at radius 2 is 1.79 bits per heavy atom. The fraction of sp³-hybridized carbons (Fsp3) is 0.100. The van der Waals surface area contributed by atoms with Gasteiger partial charge >= 0.3 is 0 Å². The second kappa shape index (κ2) is 7.29.